The minimum absolute atomic E-state index is 0.107. The van der Waals surface area contributed by atoms with Gasteiger partial charge in [0.1, 0.15) is 5.75 Å². The molecule has 1 aliphatic carbocycles. The van der Waals surface area contributed by atoms with E-state index in [1.54, 1.807) is 12.1 Å². The standard InChI is InChI=1S/C16H22ClNO3/c17-13-4-1-7-15(12-13)21-11-8-16(20)18(9-3-10-19)14-5-2-6-14/h1,4,7,12,14,19H,2-3,5-6,8-11H2. The van der Waals surface area contributed by atoms with Gasteiger partial charge in [0.05, 0.1) is 13.0 Å². The zero-order valence-electron chi connectivity index (χ0n) is 12.1. The summed E-state index contributed by atoms with van der Waals surface area (Å²) in [5.41, 5.74) is 0. The van der Waals surface area contributed by atoms with Crippen LogP contribution < -0.4 is 4.74 Å². The second-order valence-corrected chi connectivity index (χ2v) is 5.74. The van der Waals surface area contributed by atoms with Crippen molar-refractivity contribution >= 4 is 17.5 Å². The minimum atomic E-state index is 0.107. The predicted molar refractivity (Wildman–Crippen MR) is 82.6 cm³/mol. The molecule has 5 heteroatoms. The van der Waals surface area contributed by atoms with Gasteiger partial charge >= 0.3 is 0 Å². The van der Waals surface area contributed by atoms with E-state index in [0.29, 0.717) is 42.8 Å². The quantitative estimate of drug-likeness (QED) is 0.803. The molecule has 0 aliphatic heterocycles. The largest absolute Gasteiger partial charge is 0.493 e. The highest BCUT2D eigenvalue weighted by atomic mass is 35.5. The normalized spacial score (nSPS) is 14.6. The van der Waals surface area contributed by atoms with Crippen molar-refractivity contribution < 1.29 is 14.6 Å². The Bertz CT molecular complexity index is 463. The van der Waals surface area contributed by atoms with Crippen LogP contribution in [0.25, 0.3) is 0 Å². The van der Waals surface area contributed by atoms with Crippen molar-refractivity contribution in [3.8, 4) is 5.75 Å². The summed E-state index contributed by atoms with van der Waals surface area (Å²) in [6, 6.07) is 7.52. The lowest BCUT2D eigenvalue weighted by Gasteiger charge is -2.37. The van der Waals surface area contributed by atoms with Gasteiger partial charge in [-0.15, -0.1) is 0 Å². The first kappa shape index (κ1) is 16.1. The molecule has 0 heterocycles. The molecule has 1 fully saturated rings. The third-order valence-corrected chi connectivity index (χ3v) is 4.01. The lowest BCUT2D eigenvalue weighted by molar-refractivity contribution is -0.136. The molecule has 0 radical (unpaired) electrons. The van der Waals surface area contributed by atoms with E-state index < -0.39 is 0 Å². The Hall–Kier alpha value is -1.26. The third kappa shape index (κ3) is 4.90. The summed E-state index contributed by atoms with van der Waals surface area (Å²) in [6.07, 6.45) is 4.33. The number of hydrogen-bond acceptors (Lipinski definition) is 3. The topological polar surface area (TPSA) is 49.8 Å². The Morgan fingerprint density at radius 3 is 2.86 bits per heavy atom. The first-order valence-corrected chi connectivity index (χ1v) is 7.87. The lowest BCUT2D eigenvalue weighted by atomic mass is 9.91. The van der Waals surface area contributed by atoms with Crippen LogP contribution in [0.3, 0.4) is 0 Å². The first-order chi connectivity index (χ1) is 10.2. The molecule has 1 aromatic carbocycles. The molecule has 1 aromatic rings. The summed E-state index contributed by atoms with van der Waals surface area (Å²) in [5.74, 6) is 0.788. The monoisotopic (exact) mass is 311 g/mol. The Morgan fingerprint density at radius 1 is 1.43 bits per heavy atom. The van der Waals surface area contributed by atoms with E-state index in [4.69, 9.17) is 21.4 Å². The average molecular weight is 312 g/mol. The lowest BCUT2D eigenvalue weighted by Crippen LogP contribution is -2.45. The third-order valence-electron chi connectivity index (χ3n) is 3.77. The van der Waals surface area contributed by atoms with Gasteiger partial charge in [0.15, 0.2) is 0 Å². The van der Waals surface area contributed by atoms with Gasteiger partial charge in [-0.1, -0.05) is 17.7 Å². The number of rotatable bonds is 8. The van der Waals surface area contributed by atoms with Crippen LogP contribution in [-0.4, -0.2) is 41.7 Å². The number of hydrogen-bond donors (Lipinski definition) is 1. The zero-order chi connectivity index (χ0) is 15.1. The average Bonchev–Trinajstić information content (AvgIpc) is 2.41. The van der Waals surface area contributed by atoms with Crippen molar-refractivity contribution in [3.05, 3.63) is 29.3 Å². The van der Waals surface area contributed by atoms with E-state index in [2.05, 4.69) is 0 Å². The van der Waals surface area contributed by atoms with Crippen molar-refractivity contribution in [2.75, 3.05) is 19.8 Å². The van der Waals surface area contributed by atoms with E-state index in [1.807, 2.05) is 17.0 Å². The van der Waals surface area contributed by atoms with E-state index in [-0.39, 0.29) is 12.5 Å². The predicted octanol–water partition coefficient (Wildman–Crippen LogP) is 2.87. The molecule has 0 bridgehead atoms. The van der Waals surface area contributed by atoms with Crippen molar-refractivity contribution in [1.29, 1.82) is 0 Å². The Kier molecular flexibility index (Phi) is 6.33. The molecule has 2 rings (SSSR count). The van der Waals surface area contributed by atoms with Crippen molar-refractivity contribution in [3.63, 3.8) is 0 Å². The van der Waals surface area contributed by atoms with Crippen molar-refractivity contribution in [2.45, 2.75) is 38.1 Å². The number of ether oxygens (including phenoxy) is 1. The summed E-state index contributed by atoms with van der Waals surface area (Å²) in [7, 11) is 0. The molecule has 0 atom stereocenters. The number of aliphatic hydroxyl groups excluding tert-OH is 1. The molecule has 0 unspecified atom stereocenters. The number of benzene rings is 1. The number of nitrogens with zero attached hydrogens (tertiary/aromatic N) is 1. The maximum atomic E-state index is 12.3. The molecular weight excluding hydrogens is 290 g/mol. The maximum Gasteiger partial charge on any atom is 0.226 e. The Labute approximate surface area is 130 Å². The zero-order valence-corrected chi connectivity index (χ0v) is 12.9. The van der Waals surface area contributed by atoms with Gasteiger partial charge in [-0.05, 0) is 43.9 Å². The van der Waals surface area contributed by atoms with Crippen LogP contribution in [0.15, 0.2) is 24.3 Å². The van der Waals surface area contributed by atoms with Crippen LogP contribution in [0.2, 0.25) is 5.02 Å². The minimum Gasteiger partial charge on any atom is -0.493 e. The van der Waals surface area contributed by atoms with Gasteiger partial charge in [0.25, 0.3) is 0 Å². The highest BCUT2D eigenvalue weighted by Gasteiger charge is 2.27. The Morgan fingerprint density at radius 2 is 2.24 bits per heavy atom. The molecule has 1 aliphatic rings. The van der Waals surface area contributed by atoms with Crippen LogP contribution >= 0.6 is 11.6 Å². The van der Waals surface area contributed by atoms with E-state index in [0.717, 1.165) is 12.8 Å². The number of amides is 1. The van der Waals surface area contributed by atoms with Crippen molar-refractivity contribution in [2.24, 2.45) is 0 Å². The van der Waals surface area contributed by atoms with E-state index >= 15 is 0 Å². The molecular formula is C16H22ClNO3. The number of aliphatic hydroxyl groups is 1. The summed E-state index contributed by atoms with van der Waals surface area (Å²) in [4.78, 5) is 14.2. The fourth-order valence-corrected chi connectivity index (χ4v) is 2.59. The van der Waals surface area contributed by atoms with E-state index in [9.17, 15) is 4.79 Å². The molecule has 1 amide bonds. The van der Waals surface area contributed by atoms with Crippen molar-refractivity contribution in [1.82, 2.24) is 4.90 Å². The van der Waals surface area contributed by atoms with Crippen LogP contribution in [0.1, 0.15) is 32.1 Å². The fourth-order valence-electron chi connectivity index (χ4n) is 2.41. The summed E-state index contributed by atoms with van der Waals surface area (Å²) in [6.45, 7) is 1.11. The van der Waals surface area contributed by atoms with Crippen LogP contribution in [-0.2, 0) is 4.79 Å². The van der Waals surface area contributed by atoms with Gasteiger partial charge in [-0.25, -0.2) is 0 Å². The molecule has 21 heavy (non-hydrogen) atoms. The first-order valence-electron chi connectivity index (χ1n) is 7.49. The summed E-state index contributed by atoms with van der Waals surface area (Å²) >= 11 is 5.88. The molecule has 1 N–H and O–H groups in total. The number of carbonyl (C=O) groups excluding carboxylic acids is 1. The van der Waals surface area contributed by atoms with Crippen LogP contribution in [0, 0.1) is 0 Å². The SMILES string of the molecule is O=C(CCOc1cccc(Cl)c1)N(CCCO)C1CCC1. The molecule has 1 saturated carbocycles. The van der Waals surface area contributed by atoms with Gasteiger partial charge in [-0.3, -0.25) is 4.79 Å². The Balaban J connectivity index is 1.78. The molecule has 0 saturated heterocycles. The second kappa shape index (κ2) is 8.25. The highest BCUT2D eigenvalue weighted by molar-refractivity contribution is 6.30. The van der Waals surface area contributed by atoms with Gasteiger partial charge in [-0.2, -0.15) is 0 Å². The smallest absolute Gasteiger partial charge is 0.226 e. The van der Waals surface area contributed by atoms with Gasteiger partial charge in [0, 0.05) is 24.2 Å². The fraction of sp³-hybridized carbons (Fsp3) is 0.562. The molecule has 0 aromatic heterocycles. The number of halogens is 1. The molecule has 4 nitrogen and oxygen atoms in total. The van der Waals surface area contributed by atoms with Crippen LogP contribution in [0.4, 0.5) is 0 Å². The van der Waals surface area contributed by atoms with E-state index in [1.165, 1.54) is 6.42 Å². The molecule has 116 valence electrons. The number of carbonyl (C=O) groups is 1. The second-order valence-electron chi connectivity index (χ2n) is 5.30. The van der Waals surface area contributed by atoms with Crippen LogP contribution in [0.5, 0.6) is 5.75 Å². The maximum absolute atomic E-state index is 12.3. The highest BCUT2D eigenvalue weighted by Crippen LogP contribution is 2.25. The molecule has 0 spiro atoms. The summed E-state index contributed by atoms with van der Waals surface area (Å²) < 4.78 is 5.56. The van der Waals surface area contributed by atoms with Gasteiger partial charge in [0.2, 0.25) is 5.91 Å². The summed E-state index contributed by atoms with van der Waals surface area (Å²) in [5, 5.41) is 9.57. The van der Waals surface area contributed by atoms with Gasteiger partial charge < -0.3 is 14.7 Å².